The molecule has 1 N–H and O–H groups in total. The normalized spacial score (nSPS) is 19.5. The van der Waals surface area contributed by atoms with Gasteiger partial charge in [-0.2, -0.15) is 0 Å². The first-order chi connectivity index (χ1) is 15.7. The van der Waals surface area contributed by atoms with Gasteiger partial charge in [0.05, 0.1) is 12.3 Å². The van der Waals surface area contributed by atoms with E-state index in [4.69, 9.17) is 4.74 Å². The fourth-order valence-electron chi connectivity index (χ4n) is 5.29. The average molecular weight is 426 g/mol. The number of nitrogens with one attached hydrogen (secondary N) is 1. The maximum Gasteiger partial charge on any atom is 0.161 e. The average Bonchev–Trinajstić information content (AvgIpc) is 3.10. The molecule has 1 aliphatic heterocycles. The van der Waals surface area contributed by atoms with Crippen LogP contribution < -0.4 is 10.1 Å². The predicted molar refractivity (Wildman–Crippen MR) is 130 cm³/mol. The number of ketones is 1. The maximum absolute atomic E-state index is 13.1. The van der Waals surface area contributed by atoms with Crippen LogP contribution in [-0.2, 0) is 4.79 Å². The third kappa shape index (κ3) is 3.60. The van der Waals surface area contributed by atoms with E-state index in [1.54, 1.807) is 0 Å². The number of carbonyl (C=O) groups excluding carboxylic acids is 1. The molecule has 1 heterocycles. The lowest BCUT2D eigenvalue weighted by atomic mass is 9.74. The molecule has 0 saturated carbocycles. The number of hydrogen-bond acceptors (Lipinski definition) is 3. The Hall–Kier alpha value is -3.07. The van der Waals surface area contributed by atoms with Crippen molar-refractivity contribution in [1.82, 2.24) is 5.32 Å². The van der Waals surface area contributed by atoms with E-state index in [0.29, 0.717) is 6.42 Å². The van der Waals surface area contributed by atoms with Crippen LogP contribution in [0, 0.1) is 0 Å². The van der Waals surface area contributed by atoms with Gasteiger partial charge in [0.1, 0.15) is 5.75 Å². The van der Waals surface area contributed by atoms with Gasteiger partial charge in [0.2, 0.25) is 0 Å². The van der Waals surface area contributed by atoms with E-state index < -0.39 is 0 Å². The molecule has 3 heteroatoms. The zero-order chi connectivity index (χ0) is 22.1. The minimum absolute atomic E-state index is 0.0763. The maximum atomic E-state index is 13.1. The van der Waals surface area contributed by atoms with Gasteiger partial charge in [-0.05, 0) is 53.7 Å². The zero-order valence-electron chi connectivity index (χ0n) is 18.9. The highest BCUT2D eigenvalue weighted by molar-refractivity contribution is 6.07. The Morgan fingerprint density at radius 3 is 2.53 bits per heavy atom. The predicted octanol–water partition coefficient (Wildman–Crippen LogP) is 6.78. The Bertz CT molecular complexity index is 1120. The van der Waals surface area contributed by atoms with Crippen LogP contribution in [0.5, 0.6) is 5.75 Å². The van der Waals surface area contributed by atoms with Crippen LogP contribution in [0.3, 0.4) is 0 Å². The van der Waals surface area contributed by atoms with Crippen molar-refractivity contribution in [2.45, 2.75) is 57.8 Å². The fourth-order valence-corrected chi connectivity index (χ4v) is 5.29. The van der Waals surface area contributed by atoms with Crippen molar-refractivity contribution in [3.63, 3.8) is 0 Å². The molecule has 3 aliphatic rings. The van der Waals surface area contributed by atoms with E-state index in [2.05, 4.69) is 67.4 Å². The molecule has 0 radical (unpaired) electrons. The van der Waals surface area contributed by atoms with Crippen molar-refractivity contribution in [2.75, 3.05) is 6.61 Å². The Morgan fingerprint density at radius 1 is 0.969 bits per heavy atom. The van der Waals surface area contributed by atoms with Crippen molar-refractivity contribution in [1.29, 1.82) is 0 Å². The summed E-state index contributed by atoms with van der Waals surface area (Å²) in [6.45, 7) is 7.42. The van der Waals surface area contributed by atoms with Crippen molar-refractivity contribution < 1.29 is 9.53 Å². The number of ether oxygens (including phenoxy) is 1. The highest BCUT2D eigenvalue weighted by Gasteiger charge is 2.41. The summed E-state index contributed by atoms with van der Waals surface area (Å²) in [5.41, 5.74) is 8.79. The largest absolute Gasteiger partial charge is 0.494 e. The lowest BCUT2D eigenvalue weighted by Crippen LogP contribution is -2.30. The topological polar surface area (TPSA) is 38.3 Å². The van der Waals surface area contributed by atoms with Gasteiger partial charge in [0.15, 0.2) is 5.78 Å². The molecular weight excluding hydrogens is 394 g/mol. The van der Waals surface area contributed by atoms with Crippen molar-refractivity contribution in [3.05, 3.63) is 88.6 Å². The summed E-state index contributed by atoms with van der Waals surface area (Å²) in [6.07, 6.45) is 7.24. The van der Waals surface area contributed by atoms with E-state index >= 15 is 0 Å². The minimum Gasteiger partial charge on any atom is -0.494 e. The molecule has 0 spiro atoms. The Labute approximate surface area is 190 Å². The molecule has 0 saturated heterocycles. The van der Waals surface area contributed by atoms with E-state index in [-0.39, 0.29) is 11.7 Å². The Kier molecular flexibility index (Phi) is 5.73. The van der Waals surface area contributed by atoms with Gasteiger partial charge in [-0.25, -0.2) is 0 Å². The smallest absolute Gasteiger partial charge is 0.161 e. The van der Waals surface area contributed by atoms with Crippen LogP contribution in [0.1, 0.15) is 74.5 Å². The van der Waals surface area contributed by atoms with Gasteiger partial charge in [-0.1, -0.05) is 69.2 Å². The Morgan fingerprint density at radius 2 is 1.75 bits per heavy atom. The van der Waals surface area contributed by atoms with Gasteiger partial charge >= 0.3 is 0 Å². The van der Waals surface area contributed by atoms with Crippen LogP contribution in [-0.4, -0.2) is 12.4 Å². The number of hydrogen-bond donors (Lipinski definition) is 1. The molecule has 32 heavy (non-hydrogen) atoms. The number of carbonyl (C=O) groups is 1. The fraction of sp³-hybridized carbons (Fsp3) is 0.345. The summed E-state index contributed by atoms with van der Waals surface area (Å²) in [5, 5.41) is 3.64. The van der Waals surface area contributed by atoms with E-state index in [1.165, 1.54) is 24.8 Å². The van der Waals surface area contributed by atoms with Gasteiger partial charge in [0.25, 0.3) is 0 Å². The second-order valence-corrected chi connectivity index (χ2v) is 9.02. The first-order valence-corrected chi connectivity index (χ1v) is 12.0. The molecule has 2 aromatic rings. The molecule has 0 amide bonds. The molecule has 0 aromatic heterocycles. The summed E-state index contributed by atoms with van der Waals surface area (Å²) >= 11 is 0. The Balaban J connectivity index is 1.48. The third-order valence-electron chi connectivity index (χ3n) is 6.91. The molecule has 0 bridgehead atoms. The van der Waals surface area contributed by atoms with E-state index in [1.807, 2.05) is 0 Å². The number of Topliss-reactive ketones (excluding diaryl/α,β-unsaturated/α-hetero) is 1. The van der Waals surface area contributed by atoms with Gasteiger partial charge in [0, 0.05) is 29.2 Å². The lowest BCUT2D eigenvalue weighted by molar-refractivity contribution is -0.116. The van der Waals surface area contributed by atoms with Crippen molar-refractivity contribution in [3.8, 4) is 5.75 Å². The molecule has 2 aliphatic carbocycles. The monoisotopic (exact) mass is 425 g/mol. The van der Waals surface area contributed by atoms with E-state index in [0.717, 1.165) is 70.9 Å². The van der Waals surface area contributed by atoms with Gasteiger partial charge in [-0.3, -0.25) is 4.79 Å². The number of unbranched alkanes of at least 4 members (excludes halogenated alkanes) is 3. The summed E-state index contributed by atoms with van der Waals surface area (Å²) in [5.74, 6) is 1.08. The molecule has 2 aromatic carbocycles. The molecule has 1 unspecified atom stereocenters. The summed E-state index contributed by atoms with van der Waals surface area (Å²) in [4.78, 5) is 13.1. The van der Waals surface area contributed by atoms with Crippen LogP contribution in [0.25, 0.3) is 11.3 Å². The van der Waals surface area contributed by atoms with Crippen LogP contribution in [0.2, 0.25) is 0 Å². The first kappa shape index (κ1) is 20.8. The lowest BCUT2D eigenvalue weighted by Gasteiger charge is -2.34. The molecule has 164 valence electrons. The highest BCUT2D eigenvalue weighted by Crippen LogP contribution is 2.53. The molecular formula is C29H31NO2. The summed E-state index contributed by atoms with van der Waals surface area (Å²) in [6, 6.07) is 16.8. The van der Waals surface area contributed by atoms with Gasteiger partial charge in [-0.15, -0.1) is 0 Å². The molecule has 5 rings (SSSR count). The standard InChI is InChI=1S/C29H31NO2/c1-3-4-5-8-18-32-21-16-14-20(15-17-21)27-26-19(2)22-10-6-7-11-23(22)29(26)30-24-12-9-13-25(31)28(24)27/h6-7,10-11,14-17,27,30H,2-5,8-9,12-13,18H2,1H3. The zero-order valence-corrected chi connectivity index (χ0v) is 18.9. The van der Waals surface area contributed by atoms with Crippen molar-refractivity contribution >= 4 is 17.1 Å². The molecule has 1 atom stereocenters. The minimum atomic E-state index is -0.0763. The highest BCUT2D eigenvalue weighted by atomic mass is 16.5. The number of benzene rings is 2. The number of rotatable bonds is 7. The molecule has 3 nitrogen and oxygen atoms in total. The first-order valence-electron chi connectivity index (χ1n) is 12.0. The quantitative estimate of drug-likeness (QED) is 0.497. The summed E-state index contributed by atoms with van der Waals surface area (Å²) < 4.78 is 5.96. The van der Waals surface area contributed by atoms with Crippen molar-refractivity contribution in [2.24, 2.45) is 0 Å². The van der Waals surface area contributed by atoms with Crippen LogP contribution >= 0.6 is 0 Å². The SMILES string of the molecule is C=C1C2=C(NC3=C(C(=O)CCC3)C2c2ccc(OCCCCCC)cc2)c2ccccc21. The summed E-state index contributed by atoms with van der Waals surface area (Å²) in [7, 11) is 0. The molecule has 0 fully saturated rings. The van der Waals surface area contributed by atoms with Crippen LogP contribution in [0.15, 0.2) is 72.0 Å². The number of fused-ring (bicyclic) bond motifs is 2. The van der Waals surface area contributed by atoms with Crippen LogP contribution in [0.4, 0.5) is 0 Å². The second kappa shape index (κ2) is 8.82. The second-order valence-electron chi connectivity index (χ2n) is 9.02. The van der Waals surface area contributed by atoms with E-state index in [9.17, 15) is 4.79 Å². The third-order valence-corrected chi connectivity index (χ3v) is 6.91. The number of allylic oxidation sites excluding steroid dienone is 4. The van der Waals surface area contributed by atoms with Gasteiger partial charge < -0.3 is 10.1 Å². The number of dihydropyridines is 1.